The maximum Gasteiger partial charge on any atom is 0.222 e. The molecule has 0 bridgehead atoms. The van der Waals surface area contributed by atoms with Crippen LogP contribution in [0, 0.1) is 5.92 Å². The molecule has 0 aromatic heterocycles. The number of piperidine rings is 1. The van der Waals surface area contributed by atoms with E-state index in [-0.39, 0.29) is 24.8 Å². The number of likely N-dealkylation sites (tertiary alicyclic amines) is 1. The maximum atomic E-state index is 11.9. The quantitative estimate of drug-likeness (QED) is 0.757. The van der Waals surface area contributed by atoms with Gasteiger partial charge in [0.1, 0.15) is 0 Å². The van der Waals surface area contributed by atoms with E-state index in [9.17, 15) is 4.79 Å². The molecule has 0 atom stereocenters. The number of hydrogen-bond donors (Lipinski definition) is 1. The summed E-state index contributed by atoms with van der Waals surface area (Å²) in [6.07, 6.45) is 3.97. The lowest BCUT2D eigenvalue weighted by molar-refractivity contribution is -0.132. The van der Waals surface area contributed by atoms with Crippen LogP contribution in [0.5, 0.6) is 0 Å². The van der Waals surface area contributed by atoms with Gasteiger partial charge in [0.25, 0.3) is 0 Å². The Morgan fingerprint density at radius 2 is 1.84 bits per heavy atom. The number of halogens is 2. The zero-order chi connectivity index (χ0) is 12.7. The molecule has 0 unspecified atom stereocenters. The van der Waals surface area contributed by atoms with Gasteiger partial charge in [-0.25, -0.2) is 0 Å². The first-order valence-electron chi connectivity index (χ1n) is 6.70. The van der Waals surface area contributed by atoms with Crippen LogP contribution in [0.15, 0.2) is 0 Å². The normalized spacial score (nSPS) is 15.9. The molecule has 1 aliphatic rings. The van der Waals surface area contributed by atoms with Gasteiger partial charge in [0.05, 0.1) is 0 Å². The fourth-order valence-electron chi connectivity index (χ4n) is 2.46. The Bertz CT molecular complexity index is 232. The summed E-state index contributed by atoms with van der Waals surface area (Å²) in [5.74, 6) is 1.11. The van der Waals surface area contributed by atoms with Gasteiger partial charge in [-0.1, -0.05) is 0 Å². The molecule has 0 saturated carbocycles. The summed E-state index contributed by atoms with van der Waals surface area (Å²) < 4.78 is 0. The Kier molecular flexibility index (Phi) is 13.2. The van der Waals surface area contributed by atoms with Crippen LogP contribution in [-0.2, 0) is 4.79 Å². The third-order valence-electron chi connectivity index (χ3n) is 3.41. The molecular formula is C13H29Cl2N3O. The molecule has 1 rings (SSSR count). The fourth-order valence-corrected chi connectivity index (χ4v) is 2.46. The highest BCUT2D eigenvalue weighted by Crippen LogP contribution is 2.18. The van der Waals surface area contributed by atoms with Crippen molar-refractivity contribution in [3.8, 4) is 0 Å². The molecule has 1 N–H and O–H groups in total. The van der Waals surface area contributed by atoms with Crippen molar-refractivity contribution < 1.29 is 4.79 Å². The highest BCUT2D eigenvalue weighted by atomic mass is 35.5. The van der Waals surface area contributed by atoms with Gasteiger partial charge in [-0.2, -0.15) is 0 Å². The lowest BCUT2D eigenvalue weighted by atomic mass is 9.96. The number of hydrogen-bond acceptors (Lipinski definition) is 3. The molecule has 0 aliphatic carbocycles. The molecule has 6 heteroatoms. The average molecular weight is 314 g/mol. The molecule has 1 amide bonds. The molecule has 19 heavy (non-hydrogen) atoms. The van der Waals surface area contributed by atoms with Crippen molar-refractivity contribution in [3.63, 3.8) is 0 Å². The van der Waals surface area contributed by atoms with Crippen LogP contribution in [0.25, 0.3) is 0 Å². The molecule has 0 aromatic rings. The van der Waals surface area contributed by atoms with Crippen molar-refractivity contribution in [1.82, 2.24) is 15.1 Å². The fraction of sp³-hybridized carbons (Fsp3) is 0.923. The smallest absolute Gasteiger partial charge is 0.222 e. The van der Waals surface area contributed by atoms with Crippen LogP contribution in [0.1, 0.15) is 25.7 Å². The standard InChI is InChI=1S/C13H27N3O.2ClH/c1-14-8-4-5-13(17)16-9-6-12(7-10-16)11-15(2)3;;/h12,14H,4-11H2,1-3H3;2*1H. The third-order valence-corrected chi connectivity index (χ3v) is 3.41. The largest absolute Gasteiger partial charge is 0.343 e. The molecule has 1 fully saturated rings. The first-order valence-corrected chi connectivity index (χ1v) is 6.70. The minimum atomic E-state index is 0. The number of nitrogens with one attached hydrogen (secondary N) is 1. The molecule has 0 spiro atoms. The van der Waals surface area contributed by atoms with Crippen molar-refractivity contribution in [1.29, 1.82) is 0 Å². The SMILES string of the molecule is CNCCCC(=O)N1CCC(CN(C)C)CC1.Cl.Cl. The summed E-state index contributed by atoms with van der Waals surface area (Å²) in [7, 11) is 6.17. The van der Waals surface area contributed by atoms with Gasteiger partial charge in [-0.15, -0.1) is 24.8 Å². The van der Waals surface area contributed by atoms with E-state index in [0.717, 1.165) is 51.4 Å². The van der Waals surface area contributed by atoms with Gasteiger partial charge in [-0.3, -0.25) is 4.79 Å². The highest BCUT2D eigenvalue weighted by Gasteiger charge is 2.22. The second kappa shape index (κ2) is 11.8. The monoisotopic (exact) mass is 313 g/mol. The van der Waals surface area contributed by atoms with Crippen LogP contribution in [0.3, 0.4) is 0 Å². The van der Waals surface area contributed by atoms with Crippen LogP contribution in [0.4, 0.5) is 0 Å². The molecule has 1 saturated heterocycles. The molecule has 0 aromatic carbocycles. The Hall–Kier alpha value is -0.0300. The van der Waals surface area contributed by atoms with E-state index in [4.69, 9.17) is 0 Å². The summed E-state index contributed by atoms with van der Waals surface area (Å²) in [6.45, 7) is 4.00. The van der Waals surface area contributed by atoms with Crippen molar-refractivity contribution in [2.45, 2.75) is 25.7 Å². The summed E-state index contributed by atoms with van der Waals surface area (Å²) in [6, 6.07) is 0. The van der Waals surface area contributed by atoms with Gasteiger partial charge >= 0.3 is 0 Å². The van der Waals surface area contributed by atoms with Crippen LogP contribution in [-0.4, -0.2) is 63.0 Å². The van der Waals surface area contributed by atoms with Crippen LogP contribution in [0.2, 0.25) is 0 Å². The van der Waals surface area contributed by atoms with Gasteiger partial charge in [0.2, 0.25) is 5.91 Å². The lowest BCUT2D eigenvalue weighted by Crippen LogP contribution is -2.40. The summed E-state index contributed by atoms with van der Waals surface area (Å²) in [5.41, 5.74) is 0. The van der Waals surface area contributed by atoms with Gasteiger partial charge in [0, 0.05) is 26.1 Å². The van der Waals surface area contributed by atoms with Gasteiger partial charge in [-0.05, 0) is 52.9 Å². The first kappa shape index (κ1) is 21.3. The van der Waals surface area contributed by atoms with Crippen molar-refractivity contribution in [2.75, 3.05) is 47.3 Å². The number of nitrogens with zero attached hydrogens (tertiary/aromatic N) is 2. The van der Waals surface area contributed by atoms with Gasteiger partial charge in [0.15, 0.2) is 0 Å². The Labute approximate surface area is 130 Å². The molecule has 1 aliphatic heterocycles. The average Bonchev–Trinajstić information content (AvgIpc) is 2.29. The van der Waals surface area contributed by atoms with E-state index in [0.29, 0.717) is 12.3 Å². The van der Waals surface area contributed by atoms with Crippen molar-refractivity contribution in [2.24, 2.45) is 5.92 Å². The molecule has 0 radical (unpaired) electrons. The Morgan fingerprint density at radius 1 is 1.26 bits per heavy atom. The van der Waals surface area contributed by atoms with E-state index < -0.39 is 0 Å². The molecule has 116 valence electrons. The predicted octanol–water partition coefficient (Wildman–Crippen LogP) is 1.63. The number of carbonyl (C=O) groups excluding carboxylic acids is 1. The molecular weight excluding hydrogens is 285 g/mol. The Balaban J connectivity index is 0. The summed E-state index contributed by atoms with van der Waals surface area (Å²) in [5, 5.41) is 3.08. The zero-order valence-corrected chi connectivity index (χ0v) is 14.0. The van der Waals surface area contributed by atoms with E-state index in [1.54, 1.807) is 0 Å². The van der Waals surface area contributed by atoms with Crippen molar-refractivity contribution in [3.05, 3.63) is 0 Å². The minimum Gasteiger partial charge on any atom is -0.343 e. The molecule has 1 heterocycles. The second-order valence-corrected chi connectivity index (χ2v) is 5.29. The number of carbonyl (C=O) groups is 1. The summed E-state index contributed by atoms with van der Waals surface area (Å²) >= 11 is 0. The van der Waals surface area contributed by atoms with Gasteiger partial charge < -0.3 is 15.1 Å². The summed E-state index contributed by atoms with van der Waals surface area (Å²) in [4.78, 5) is 16.2. The van der Waals surface area contributed by atoms with E-state index in [1.165, 1.54) is 0 Å². The predicted molar refractivity (Wildman–Crippen MR) is 85.5 cm³/mol. The first-order chi connectivity index (χ1) is 8.13. The van der Waals surface area contributed by atoms with E-state index in [2.05, 4.69) is 24.3 Å². The van der Waals surface area contributed by atoms with Crippen LogP contribution < -0.4 is 5.32 Å². The van der Waals surface area contributed by atoms with E-state index >= 15 is 0 Å². The molecule has 4 nitrogen and oxygen atoms in total. The second-order valence-electron chi connectivity index (χ2n) is 5.29. The van der Waals surface area contributed by atoms with E-state index in [1.807, 2.05) is 11.9 Å². The van der Waals surface area contributed by atoms with Crippen LogP contribution >= 0.6 is 24.8 Å². The number of rotatable bonds is 6. The van der Waals surface area contributed by atoms with Crippen molar-refractivity contribution >= 4 is 30.7 Å². The topological polar surface area (TPSA) is 35.6 Å². The maximum absolute atomic E-state index is 11.9. The number of amides is 1. The minimum absolute atomic E-state index is 0. The third kappa shape index (κ3) is 8.69. The Morgan fingerprint density at radius 3 is 2.32 bits per heavy atom. The zero-order valence-electron chi connectivity index (χ0n) is 12.4. The highest BCUT2D eigenvalue weighted by molar-refractivity contribution is 5.85. The lowest BCUT2D eigenvalue weighted by Gasteiger charge is -2.33.